The molecular weight excluding hydrogens is 350 g/mol. The SMILES string of the molecule is CCCCCCCCCCCN(CCCCCCCCC)CC(CC)CCCC. The van der Waals surface area contributed by atoms with Crippen LogP contribution in [0.15, 0.2) is 0 Å². The molecule has 0 aliphatic rings. The summed E-state index contributed by atoms with van der Waals surface area (Å²) in [6, 6.07) is 0. The molecule has 0 aromatic heterocycles. The monoisotopic (exact) mass is 409 g/mol. The lowest BCUT2D eigenvalue weighted by molar-refractivity contribution is 0.210. The lowest BCUT2D eigenvalue weighted by Gasteiger charge is -2.27. The van der Waals surface area contributed by atoms with Crippen molar-refractivity contribution in [2.75, 3.05) is 19.6 Å². The maximum atomic E-state index is 2.84. The molecule has 0 radical (unpaired) electrons. The summed E-state index contributed by atoms with van der Waals surface area (Å²) in [6.45, 7) is 13.4. The first-order valence-electron chi connectivity index (χ1n) is 14.0. The molecule has 0 aromatic carbocycles. The van der Waals surface area contributed by atoms with Gasteiger partial charge in [0.2, 0.25) is 0 Å². The highest BCUT2D eigenvalue weighted by molar-refractivity contribution is 4.66. The second-order valence-corrected chi connectivity index (χ2v) is 9.67. The summed E-state index contributed by atoms with van der Waals surface area (Å²) in [6.07, 6.45) is 28.6. The Morgan fingerprint density at radius 1 is 0.448 bits per heavy atom. The van der Waals surface area contributed by atoms with Crippen molar-refractivity contribution >= 4 is 0 Å². The number of hydrogen-bond acceptors (Lipinski definition) is 1. The Morgan fingerprint density at radius 2 is 0.828 bits per heavy atom. The highest BCUT2D eigenvalue weighted by atomic mass is 15.1. The third kappa shape index (κ3) is 21.0. The molecular formula is C28H59N. The normalized spacial score (nSPS) is 12.7. The van der Waals surface area contributed by atoms with Gasteiger partial charge in [-0.15, -0.1) is 0 Å². The lowest BCUT2D eigenvalue weighted by Crippen LogP contribution is -2.31. The molecule has 0 fully saturated rings. The lowest BCUT2D eigenvalue weighted by atomic mass is 9.98. The van der Waals surface area contributed by atoms with Crippen molar-refractivity contribution in [2.45, 2.75) is 156 Å². The van der Waals surface area contributed by atoms with E-state index in [2.05, 4.69) is 32.6 Å². The topological polar surface area (TPSA) is 3.24 Å². The van der Waals surface area contributed by atoms with Crippen LogP contribution >= 0.6 is 0 Å². The molecule has 0 aliphatic heterocycles. The summed E-state index contributed by atoms with van der Waals surface area (Å²) in [5.41, 5.74) is 0. The van der Waals surface area contributed by atoms with Crippen molar-refractivity contribution in [1.82, 2.24) is 4.90 Å². The Labute approximate surface area is 186 Å². The minimum absolute atomic E-state index is 0.929. The van der Waals surface area contributed by atoms with Gasteiger partial charge < -0.3 is 4.90 Å². The van der Waals surface area contributed by atoms with E-state index in [9.17, 15) is 0 Å². The van der Waals surface area contributed by atoms with Crippen LogP contribution in [-0.2, 0) is 0 Å². The van der Waals surface area contributed by atoms with Gasteiger partial charge in [-0.05, 0) is 38.3 Å². The third-order valence-corrected chi connectivity index (χ3v) is 6.72. The van der Waals surface area contributed by atoms with Crippen LogP contribution in [0.3, 0.4) is 0 Å². The van der Waals surface area contributed by atoms with Gasteiger partial charge in [0, 0.05) is 6.54 Å². The van der Waals surface area contributed by atoms with E-state index in [4.69, 9.17) is 0 Å². The fraction of sp³-hybridized carbons (Fsp3) is 1.00. The zero-order valence-electron chi connectivity index (χ0n) is 21.3. The van der Waals surface area contributed by atoms with Crippen LogP contribution in [-0.4, -0.2) is 24.5 Å². The van der Waals surface area contributed by atoms with Gasteiger partial charge in [-0.2, -0.15) is 0 Å². The second-order valence-electron chi connectivity index (χ2n) is 9.67. The summed E-state index contributed by atoms with van der Waals surface area (Å²) >= 11 is 0. The van der Waals surface area contributed by atoms with Crippen LogP contribution in [0.25, 0.3) is 0 Å². The quantitative estimate of drug-likeness (QED) is 0.143. The van der Waals surface area contributed by atoms with Crippen LogP contribution in [0.4, 0.5) is 0 Å². The van der Waals surface area contributed by atoms with Crippen LogP contribution in [0.2, 0.25) is 0 Å². The molecule has 1 atom stereocenters. The van der Waals surface area contributed by atoms with Crippen molar-refractivity contribution in [2.24, 2.45) is 5.92 Å². The number of rotatable bonds is 24. The van der Waals surface area contributed by atoms with E-state index in [-0.39, 0.29) is 0 Å². The van der Waals surface area contributed by atoms with Crippen LogP contribution < -0.4 is 0 Å². The van der Waals surface area contributed by atoms with Crippen molar-refractivity contribution in [1.29, 1.82) is 0 Å². The minimum atomic E-state index is 0.929. The number of unbranched alkanes of at least 4 members (excludes halogenated alkanes) is 15. The predicted octanol–water partition coefficient (Wildman–Crippen LogP) is 9.79. The molecule has 0 rings (SSSR count). The molecule has 0 N–H and O–H groups in total. The Morgan fingerprint density at radius 3 is 1.21 bits per heavy atom. The summed E-state index contributed by atoms with van der Waals surface area (Å²) in [5.74, 6) is 0.929. The maximum Gasteiger partial charge on any atom is 0.000955 e. The van der Waals surface area contributed by atoms with Gasteiger partial charge in [-0.1, -0.05) is 137 Å². The molecule has 0 saturated heterocycles. The largest absolute Gasteiger partial charge is 0.303 e. The third-order valence-electron chi connectivity index (χ3n) is 6.72. The summed E-state index contributed by atoms with van der Waals surface area (Å²) in [7, 11) is 0. The highest BCUT2D eigenvalue weighted by Crippen LogP contribution is 2.17. The first kappa shape index (κ1) is 29.0. The van der Waals surface area contributed by atoms with E-state index >= 15 is 0 Å². The molecule has 29 heavy (non-hydrogen) atoms. The van der Waals surface area contributed by atoms with E-state index < -0.39 is 0 Å². The van der Waals surface area contributed by atoms with E-state index in [1.54, 1.807) is 0 Å². The Balaban J connectivity index is 4.01. The summed E-state index contributed by atoms with van der Waals surface area (Å²) < 4.78 is 0. The zero-order chi connectivity index (χ0) is 21.4. The van der Waals surface area contributed by atoms with E-state index in [0.29, 0.717) is 0 Å². The molecule has 0 bridgehead atoms. The van der Waals surface area contributed by atoms with E-state index in [1.807, 2.05) is 0 Å². The van der Waals surface area contributed by atoms with Gasteiger partial charge >= 0.3 is 0 Å². The number of hydrogen-bond donors (Lipinski definition) is 0. The van der Waals surface area contributed by atoms with Gasteiger partial charge in [0.05, 0.1) is 0 Å². The van der Waals surface area contributed by atoms with Gasteiger partial charge in [-0.3, -0.25) is 0 Å². The van der Waals surface area contributed by atoms with Crippen molar-refractivity contribution in [3.63, 3.8) is 0 Å². The van der Waals surface area contributed by atoms with Gasteiger partial charge in [0.25, 0.3) is 0 Å². The molecule has 0 amide bonds. The fourth-order valence-corrected chi connectivity index (χ4v) is 4.52. The smallest absolute Gasteiger partial charge is 0.000955 e. The molecule has 0 aliphatic carbocycles. The highest BCUT2D eigenvalue weighted by Gasteiger charge is 2.12. The van der Waals surface area contributed by atoms with Gasteiger partial charge in [0.1, 0.15) is 0 Å². The van der Waals surface area contributed by atoms with Crippen LogP contribution in [0.5, 0.6) is 0 Å². The Bertz CT molecular complexity index is 288. The second kappa shape index (κ2) is 24.2. The van der Waals surface area contributed by atoms with Gasteiger partial charge in [-0.25, -0.2) is 0 Å². The molecule has 1 nitrogen and oxygen atoms in total. The van der Waals surface area contributed by atoms with Crippen molar-refractivity contribution in [3.8, 4) is 0 Å². The minimum Gasteiger partial charge on any atom is -0.303 e. The zero-order valence-corrected chi connectivity index (χ0v) is 21.3. The van der Waals surface area contributed by atoms with Crippen molar-refractivity contribution < 1.29 is 0 Å². The Hall–Kier alpha value is -0.0400. The summed E-state index contributed by atoms with van der Waals surface area (Å²) in [4.78, 5) is 2.84. The first-order chi connectivity index (χ1) is 14.3. The average molecular weight is 410 g/mol. The van der Waals surface area contributed by atoms with Gasteiger partial charge in [0.15, 0.2) is 0 Å². The van der Waals surface area contributed by atoms with Crippen molar-refractivity contribution in [3.05, 3.63) is 0 Å². The molecule has 1 unspecified atom stereocenters. The summed E-state index contributed by atoms with van der Waals surface area (Å²) in [5, 5.41) is 0. The Kier molecular flexibility index (Phi) is 24.2. The van der Waals surface area contributed by atoms with Crippen LogP contribution in [0, 0.1) is 5.92 Å². The fourth-order valence-electron chi connectivity index (χ4n) is 4.52. The van der Waals surface area contributed by atoms with E-state index in [0.717, 1.165) is 5.92 Å². The van der Waals surface area contributed by atoms with E-state index in [1.165, 1.54) is 148 Å². The number of nitrogens with zero attached hydrogens (tertiary/aromatic N) is 1. The average Bonchev–Trinajstić information content (AvgIpc) is 2.74. The molecule has 176 valence electrons. The molecule has 0 spiro atoms. The molecule has 0 saturated carbocycles. The molecule has 1 heteroatoms. The predicted molar refractivity (Wildman–Crippen MR) is 135 cm³/mol. The van der Waals surface area contributed by atoms with Crippen LogP contribution in [0.1, 0.15) is 156 Å². The standard InChI is InChI=1S/C28H59N/c1-5-9-12-14-16-17-19-21-23-26-29(27-28(8-4)24-11-7-3)25-22-20-18-15-13-10-6-2/h28H,5-27H2,1-4H3. The first-order valence-corrected chi connectivity index (χ1v) is 14.0. The molecule has 0 heterocycles. The molecule has 0 aromatic rings. The maximum absolute atomic E-state index is 2.84.